The van der Waals surface area contributed by atoms with Crippen LogP contribution < -0.4 is 4.74 Å². The lowest BCUT2D eigenvalue weighted by molar-refractivity contribution is -0.156. The molecular weight excluding hydrogens is 328 g/mol. The van der Waals surface area contributed by atoms with Gasteiger partial charge < -0.3 is 9.84 Å². The molecule has 3 atom stereocenters. The van der Waals surface area contributed by atoms with Gasteiger partial charge in [0.1, 0.15) is 16.9 Å². The Morgan fingerprint density at radius 3 is 2.77 bits per heavy atom. The van der Waals surface area contributed by atoms with Crippen LogP contribution in [0.1, 0.15) is 31.7 Å². The highest BCUT2D eigenvalue weighted by atomic mass is 16.5. The number of ketones is 2. The minimum atomic E-state index is -1.31. The van der Waals surface area contributed by atoms with Crippen molar-refractivity contribution in [3.63, 3.8) is 0 Å². The maximum Gasteiger partial charge on any atom is 0.201 e. The first-order valence-corrected chi connectivity index (χ1v) is 8.61. The number of benzene rings is 1. The van der Waals surface area contributed by atoms with Crippen LogP contribution in [-0.2, 0) is 9.59 Å². The van der Waals surface area contributed by atoms with Gasteiger partial charge in [0, 0.05) is 17.9 Å². The molecule has 0 aromatic heterocycles. The smallest absolute Gasteiger partial charge is 0.201 e. The molecule has 4 rings (SSSR count). The zero-order chi connectivity index (χ0) is 18.7. The van der Waals surface area contributed by atoms with Crippen LogP contribution >= 0.6 is 0 Å². The minimum Gasteiger partial charge on any atom is -0.508 e. The fourth-order valence-electron chi connectivity index (χ4n) is 4.49. The number of fused-ring (bicyclic) bond motifs is 2. The van der Waals surface area contributed by atoms with Gasteiger partial charge in [0.05, 0.1) is 0 Å². The lowest BCUT2D eigenvalue weighted by Crippen LogP contribution is -2.67. The Balaban J connectivity index is 2.10. The third kappa shape index (κ3) is 1.96. The number of allylic oxidation sites excluding steroid dienone is 4. The number of carbonyl (C=O) groups is 2. The van der Waals surface area contributed by atoms with Crippen LogP contribution in [0, 0.1) is 5.41 Å². The van der Waals surface area contributed by atoms with E-state index in [-0.39, 0.29) is 17.3 Å². The molecule has 26 heavy (non-hydrogen) atoms. The normalized spacial score (nSPS) is 31.9. The largest absolute Gasteiger partial charge is 0.508 e. The average Bonchev–Trinajstić information content (AvgIpc) is 2.57. The fraction of sp³-hybridized carbons (Fsp3) is 0.273. The number of phenolic OH excluding ortho intramolecular Hbond substituents is 1. The van der Waals surface area contributed by atoms with E-state index in [4.69, 9.17) is 4.74 Å². The van der Waals surface area contributed by atoms with Crippen molar-refractivity contribution in [2.45, 2.75) is 31.8 Å². The van der Waals surface area contributed by atoms with Gasteiger partial charge in [0.15, 0.2) is 11.4 Å². The summed E-state index contributed by atoms with van der Waals surface area (Å²) in [5.41, 5.74) is -0.0110. The van der Waals surface area contributed by atoms with Crippen molar-refractivity contribution < 1.29 is 19.4 Å². The van der Waals surface area contributed by atoms with E-state index in [9.17, 15) is 14.7 Å². The predicted octanol–water partition coefficient (Wildman–Crippen LogP) is 3.78. The maximum atomic E-state index is 13.2. The van der Waals surface area contributed by atoms with Crippen LogP contribution in [0.5, 0.6) is 11.5 Å². The molecule has 1 aromatic carbocycles. The molecule has 0 unspecified atom stereocenters. The van der Waals surface area contributed by atoms with Gasteiger partial charge in [0.2, 0.25) is 5.78 Å². The molecule has 1 aromatic rings. The van der Waals surface area contributed by atoms with Crippen LogP contribution in [0.3, 0.4) is 0 Å². The van der Waals surface area contributed by atoms with Gasteiger partial charge in [0.25, 0.3) is 0 Å². The Hall–Kier alpha value is -2.88. The van der Waals surface area contributed by atoms with Crippen molar-refractivity contribution in [2.75, 3.05) is 0 Å². The molecule has 4 nitrogen and oxygen atoms in total. The molecule has 132 valence electrons. The predicted molar refractivity (Wildman–Crippen MR) is 98.1 cm³/mol. The number of carbonyl (C=O) groups excluding carboxylic acids is 2. The summed E-state index contributed by atoms with van der Waals surface area (Å²) in [6, 6.07) is 4.81. The Morgan fingerprint density at radius 1 is 1.31 bits per heavy atom. The van der Waals surface area contributed by atoms with Crippen molar-refractivity contribution in [3.05, 3.63) is 71.9 Å². The van der Waals surface area contributed by atoms with E-state index in [1.165, 1.54) is 18.2 Å². The quantitative estimate of drug-likeness (QED) is 0.652. The number of hydrogen-bond donors (Lipinski definition) is 1. The molecule has 2 aliphatic carbocycles. The lowest BCUT2D eigenvalue weighted by atomic mass is 9.50. The Labute approximate surface area is 152 Å². The maximum absolute atomic E-state index is 13.2. The molecule has 0 spiro atoms. The van der Waals surface area contributed by atoms with Crippen molar-refractivity contribution in [3.8, 4) is 11.5 Å². The third-order valence-electron chi connectivity index (χ3n) is 5.57. The number of hydrogen-bond acceptors (Lipinski definition) is 4. The van der Waals surface area contributed by atoms with E-state index in [0.717, 1.165) is 11.1 Å². The second kappa shape index (κ2) is 5.31. The summed E-state index contributed by atoms with van der Waals surface area (Å²) in [6.07, 6.45) is 8.60. The number of rotatable bonds is 2. The SMILES string of the molecule is C=C(C)/C=C/[C@]12C(=O)C=CC(=O)[C@@]13CC(C)=C[C@@H]2c1cc(O)ccc1O3. The number of phenols is 1. The van der Waals surface area contributed by atoms with Crippen LogP contribution in [0.25, 0.3) is 0 Å². The summed E-state index contributed by atoms with van der Waals surface area (Å²) >= 11 is 0. The molecule has 0 saturated heterocycles. The van der Waals surface area contributed by atoms with Crippen molar-refractivity contribution in [1.82, 2.24) is 0 Å². The first kappa shape index (κ1) is 16.6. The lowest BCUT2D eigenvalue weighted by Gasteiger charge is -2.56. The molecule has 0 amide bonds. The molecule has 4 heteroatoms. The zero-order valence-corrected chi connectivity index (χ0v) is 14.8. The molecular formula is C22H20O4. The summed E-state index contributed by atoms with van der Waals surface area (Å²) in [5, 5.41) is 9.99. The van der Waals surface area contributed by atoms with Gasteiger partial charge in [-0.2, -0.15) is 0 Å². The molecule has 1 heterocycles. The van der Waals surface area contributed by atoms with Crippen LogP contribution in [0.15, 0.2) is 66.3 Å². The summed E-state index contributed by atoms with van der Waals surface area (Å²) in [4.78, 5) is 26.3. The highest BCUT2D eigenvalue weighted by Gasteiger charge is 2.68. The van der Waals surface area contributed by atoms with Gasteiger partial charge >= 0.3 is 0 Å². The first-order valence-electron chi connectivity index (χ1n) is 8.61. The van der Waals surface area contributed by atoms with E-state index in [1.54, 1.807) is 24.3 Å². The minimum absolute atomic E-state index is 0.0978. The third-order valence-corrected chi connectivity index (χ3v) is 5.57. The Kier molecular flexibility index (Phi) is 3.38. The van der Waals surface area contributed by atoms with Gasteiger partial charge in [-0.15, -0.1) is 0 Å². The number of ether oxygens (including phenoxy) is 1. The van der Waals surface area contributed by atoms with E-state index in [1.807, 2.05) is 19.9 Å². The Bertz CT molecular complexity index is 949. The average molecular weight is 348 g/mol. The second-order valence-electron chi connectivity index (χ2n) is 7.43. The highest BCUT2D eigenvalue weighted by molar-refractivity contribution is 6.15. The van der Waals surface area contributed by atoms with E-state index in [0.29, 0.717) is 17.7 Å². The van der Waals surface area contributed by atoms with Gasteiger partial charge in [-0.3, -0.25) is 9.59 Å². The van der Waals surface area contributed by atoms with Crippen molar-refractivity contribution >= 4 is 11.6 Å². The summed E-state index contributed by atoms with van der Waals surface area (Å²) < 4.78 is 6.28. The highest BCUT2D eigenvalue weighted by Crippen LogP contribution is 2.62. The molecule has 1 aliphatic heterocycles. The zero-order valence-electron chi connectivity index (χ0n) is 14.8. The summed E-state index contributed by atoms with van der Waals surface area (Å²) in [6.45, 7) is 7.66. The van der Waals surface area contributed by atoms with Crippen molar-refractivity contribution in [1.29, 1.82) is 0 Å². The van der Waals surface area contributed by atoms with Crippen LogP contribution in [0.2, 0.25) is 0 Å². The molecule has 2 bridgehead atoms. The van der Waals surface area contributed by atoms with E-state index < -0.39 is 16.9 Å². The fourth-order valence-corrected chi connectivity index (χ4v) is 4.49. The first-order chi connectivity index (χ1) is 12.3. The van der Waals surface area contributed by atoms with E-state index >= 15 is 0 Å². The standard InChI is InChI=1S/C22H20O4/c1-13(2)8-9-21-17-10-14(3)12-22(21,20(25)7-6-19(21)24)26-18-5-4-15(23)11-16(17)18/h4-11,17,23H,1,12H2,2-3H3/b9-8+/t17-,21+,22+/m1/s1. The summed E-state index contributed by atoms with van der Waals surface area (Å²) in [5.74, 6) is -0.144. The number of aromatic hydroxyl groups is 1. The van der Waals surface area contributed by atoms with Crippen LogP contribution in [-0.4, -0.2) is 22.3 Å². The molecule has 3 aliphatic rings. The van der Waals surface area contributed by atoms with Gasteiger partial charge in [-0.25, -0.2) is 0 Å². The van der Waals surface area contributed by atoms with Gasteiger partial charge in [-0.05, 0) is 44.2 Å². The van der Waals surface area contributed by atoms with Crippen molar-refractivity contribution in [2.24, 2.45) is 5.41 Å². The molecule has 1 N–H and O–H groups in total. The summed E-state index contributed by atoms with van der Waals surface area (Å²) in [7, 11) is 0. The molecule has 0 fully saturated rings. The van der Waals surface area contributed by atoms with Gasteiger partial charge in [-0.1, -0.05) is 36.0 Å². The van der Waals surface area contributed by atoms with E-state index in [2.05, 4.69) is 6.58 Å². The Morgan fingerprint density at radius 2 is 2.04 bits per heavy atom. The molecule has 0 radical (unpaired) electrons. The van der Waals surface area contributed by atoms with Crippen LogP contribution in [0.4, 0.5) is 0 Å². The second-order valence-corrected chi connectivity index (χ2v) is 7.43. The molecule has 0 saturated carbocycles. The monoisotopic (exact) mass is 348 g/mol. The topological polar surface area (TPSA) is 63.6 Å².